The van der Waals surface area contributed by atoms with Gasteiger partial charge in [-0.25, -0.2) is 0 Å². The first-order chi connectivity index (χ1) is 10.5. The number of hydrogen-bond donors (Lipinski definition) is 1. The maximum Gasteiger partial charge on any atom is 0.230 e. The first-order valence-electron chi connectivity index (χ1n) is 7.45. The van der Waals surface area contributed by atoms with Crippen LogP contribution in [0, 0.1) is 0 Å². The normalized spacial score (nSPS) is 16.5. The second-order valence-corrected chi connectivity index (χ2v) is 7.42. The second kappa shape index (κ2) is 8.20. The molecule has 0 saturated carbocycles. The lowest BCUT2D eigenvalue weighted by atomic mass is 10.0. The molecular formula is C16H23ClN2O2S. The Morgan fingerprint density at radius 2 is 1.95 bits per heavy atom. The predicted molar refractivity (Wildman–Crippen MR) is 91.7 cm³/mol. The van der Waals surface area contributed by atoms with E-state index in [0.29, 0.717) is 17.3 Å². The third kappa shape index (κ3) is 5.47. The second-order valence-electron chi connectivity index (χ2n) is 5.93. The number of thioether (sulfide) groups is 1. The summed E-state index contributed by atoms with van der Waals surface area (Å²) in [6.07, 6.45) is 0. The van der Waals surface area contributed by atoms with Crippen molar-refractivity contribution in [2.75, 3.05) is 38.6 Å². The van der Waals surface area contributed by atoms with Crippen molar-refractivity contribution in [1.29, 1.82) is 0 Å². The molecule has 1 aliphatic rings. The Morgan fingerprint density at radius 1 is 1.32 bits per heavy atom. The van der Waals surface area contributed by atoms with Gasteiger partial charge in [-0.1, -0.05) is 11.6 Å². The molecule has 22 heavy (non-hydrogen) atoms. The molecule has 1 aliphatic heterocycles. The smallest absolute Gasteiger partial charge is 0.230 e. The summed E-state index contributed by atoms with van der Waals surface area (Å²) >= 11 is 7.37. The van der Waals surface area contributed by atoms with Gasteiger partial charge < -0.3 is 10.1 Å². The summed E-state index contributed by atoms with van der Waals surface area (Å²) in [7, 11) is 0. The number of carbonyl (C=O) groups is 1. The van der Waals surface area contributed by atoms with Gasteiger partial charge in [0.25, 0.3) is 0 Å². The van der Waals surface area contributed by atoms with Crippen LogP contribution in [0.1, 0.15) is 13.8 Å². The number of morpholine rings is 1. The molecule has 6 heteroatoms. The number of benzene rings is 1. The summed E-state index contributed by atoms with van der Waals surface area (Å²) in [6.45, 7) is 8.33. The highest BCUT2D eigenvalue weighted by Gasteiger charge is 2.28. The summed E-state index contributed by atoms with van der Waals surface area (Å²) in [5, 5.41) is 3.74. The van der Waals surface area contributed by atoms with Crippen LogP contribution in [0.4, 0.5) is 0 Å². The lowest BCUT2D eigenvalue weighted by molar-refractivity contribution is -0.119. The molecule has 1 N–H and O–H groups in total. The van der Waals surface area contributed by atoms with Gasteiger partial charge in [-0.05, 0) is 38.1 Å². The van der Waals surface area contributed by atoms with Crippen molar-refractivity contribution in [2.24, 2.45) is 0 Å². The minimum atomic E-state index is -0.0512. The Labute approximate surface area is 141 Å². The Bertz CT molecular complexity index is 487. The van der Waals surface area contributed by atoms with Crippen molar-refractivity contribution in [3.05, 3.63) is 29.3 Å². The molecule has 1 aromatic carbocycles. The first kappa shape index (κ1) is 17.6. The number of nitrogens with one attached hydrogen (secondary N) is 1. The zero-order valence-electron chi connectivity index (χ0n) is 13.1. The van der Waals surface area contributed by atoms with Crippen LogP contribution in [0.5, 0.6) is 0 Å². The molecule has 0 aromatic heterocycles. The van der Waals surface area contributed by atoms with Crippen LogP contribution in [0.3, 0.4) is 0 Å². The van der Waals surface area contributed by atoms with E-state index in [4.69, 9.17) is 16.3 Å². The molecular weight excluding hydrogens is 320 g/mol. The summed E-state index contributed by atoms with van der Waals surface area (Å²) in [4.78, 5) is 15.4. The highest BCUT2D eigenvalue weighted by Crippen LogP contribution is 2.20. The molecule has 1 fully saturated rings. The van der Waals surface area contributed by atoms with E-state index in [0.717, 1.165) is 31.2 Å². The van der Waals surface area contributed by atoms with Crippen LogP contribution >= 0.6 is 23.4 Å². The van der Waals surface area contributed by atoms with E-state index in [1.54, 1.807) is 0 Å². The van der Waals surface area contributed by atoms with Crippen molar-refractivity contribution in [2.45, 2.75) is 24.3 Å². The fraction of sp³-hybridized carbons (Fsp3) is 0.562. The van der Waals surface area contributed by atoms with Gasteiger partial charge in [0.2, 0.25) is 5.91 Å². The summed E-state index contributed by atoms with van der Waals surface area (Å²) in [5.74, 6) is 0.474. The molecule has 0 atom stereocenters. The van der Waals surface area contributed by atoms with E-state index in [9.17, 15) is 4.79 Å². The van der Waals surface area contributed by atoms with Gasteiger partial charge in [-0.15, -0.1) is 11.8 Å². The van der Waals surface area contributed by atoms with Crippen molar-refractivity contribution < 1.29 is 9.53 Å². The average molecular weight is 343 g/mol. The fourth-order valence-electron chi connectivity index (χ4n) is 2.33. The van der Waals surface area contributed by atoms with Crippen LogP contribution < -0.4 is 5.32 Å². The van der Waals surface area contributed by atoms with E-state index in [1.807, 2.05) is 24.3 Å². The minimum absolute atomic E-state index is 0.0512. The van der Waals surface area contributed by atoms with Gasteiger partial charge >= 0.3 is 0 Å². The van der Waals surface area contributed by atoms with E-state index in [-0.39, 0.29) is 11.4 Å². The number of carbonyl (C=O) groups excluding carboxylic acids is 1. The topological polar surface area (TPSA) is 41.6 Å². The van der Waals surface area contributed by atoms with Gasteiger partial charge in [0.15, 0.2) is 0 Å². The van der Waals surface area contributed by atoms with E-state index >= 15 is 0 Å². The lowest BCUT2D eigenvalue weighted by Gasteiger charge is -2.40. The van der Waals surface area contributed by atoms with E-state index in [2.05, 4.69) is 24.1 Å². The molecule has 2 rings (SSSR count). The summed E-state index contributed by atoms with van der Waals surface area (Å²) < 4.78 is 5.37. The van der Waals surface area contributed by atoms with Crippen LogP contribution in [0.2, 0.25) is 5.02 Å². The van der Waals surface area contributed by atoms with Gasteiger partial charge in [0.1, 0.15) is 0 Å². The highest BCUT2D eigenvalue weighted by molar-refractivity contribution is 8.00. The van der Waals surface area contributed by atoms with Crippen molar-refractivity contribution in [1.82, 2.24) is 10.2 Å². The van der Waals surface area contributed by atoms with Gasteiger partial charge in [0, 0.05) is 35.1 Å². The van der Waals surface area contributed by atoms with Crippen molar-refractivity contribution in [3.63, 3.8) is 0 Å². The Hall–Kier alpha value is -0.750. The fourth-order valence-corrected chi connectivity index (χ4v) is 3.18. The van der Waals surface area contributed by atoms with Crippen LogP contribution in [0.25, 0.3) is 0 Å². The largest absolute Gasteiger partial charge is 0.379 e. The zero-order valence-corrected chi connectivity index (χ0v) is 14.7. The number of amides is 1. The molecule has 0 aliphatic carbocycles. The third-order valence-corrected chi connectivity index (χ3v) is 5.03. The molecule has 1 amide bonds. The minimum Gasteiger partial charge on any atom is -0.379 e. The van der Waals surface area contributed by atoms with Crippen molar-refractivity contribution >= 4 is 29.3 Å². The average Bonchev–Trinajstić information content (AvgIpc) is 2.53. The van der Waals surface area contributed by atoms with E-state index in [1.165, 1.54) is 11.8 Å². The number of hydrogen-bond acceptors (Lipinski definition) is 4. The first-order valence-corrected chi connectivity index (χ1v) is 8.81. The van der Waals surface area contributed by atoms with E-state index < -0.39 is 0 Å². The Kier molecular flexibility index (Phi) is 6.56. The third-order valence-electron chi connectivity index (χ3n) is 3.77. The van der Waals surface area contributed by atoms with Gasteiger partial charge in [-0.3, -0.25) is 9.69 Å². The maximum atomic E-state index is 12.0. The predicted octanol–water partition coefficient (Wildman–Crippen LogP) is 2.66. The maximum absolute atomic E-state index is 12.0. The molecule has 122 valence electrons. The molecule has 1 saturated heterocycles. The zero-order chi connectivity index (χ0) is 16.0. The molecule has 0 bridgehead atoms. The number of halogens is 1. The summed E-state index contributed by atoms with van der Waals surface area (Å²) in [5.41, 5.74) is -0.0512. The standard InChI is InChI=1S/C16H23ClN2O2S/c1-16(2,19-7-9-21-10-8-19)12-18-15(20)11-22-14-5-3-13(17)4-6-14/h3-6H,7-12H2,1-2H3,(H,18,20). The monoisotopic (exact) mass is 342 g/mol. The number of rotatable bonds is 6. The number of ether oxygens (including phenoxy) is 1. The number of nitrogens with zero attached hydrogens (tertiary/aromatic N) is 1. The quantitative estimate of drug-likeness (QED) is 0.807. The Morgan fingerprint density at radius 3 is 2.59 bits per heavy atom. The van der Waals surface area contributed by atoms with Crippen molar-refractivity contribution in [3.8, 4) is 0 Å². The molecule has 1 aromatic rings. The van der Waals surface area contributed by atoms with Crippen LogP contribution in [-0.2, 0) is 9.53 Å². The SMILES string of the molecule is CC(C)(CNC(=O)CSc1ccc(Cl)cc1)N1CCOCC1. The van der Waals surface area contributed by atoms with Crippen LogP contribution in [-0.4, -0.2) is 54.9 Å². The molecule has 0 unspecified atom stereocenters. The molecule has 1 heterocycles. The summed E-state index contributed by atoms with van der Waals surface area (Å²) in [6, 6.07) is 7.53. The molecule has 0 spiro atoms. The lowest BCUT2D eigenvalue weighted by Crippen LogP contribution is -2.55. The Balaban J connectivity index is 1.73. The van der Waals surface area contributed by atoms with Crippen LogP contribution in [0.15, 0.2) is 29.2 Å². The highest BCUT2D eigenvalue weighted by atomic mass is 35.5. The van der Waals surface area contributed by atoms with Gasteiger partial charge in [0.05, 0.1) is 19.0 Å². The molecule has 0 radical (unpaired) electrons. The molecule has 4 nitrogen and oxygen atoms in total. The van der Waals surface area contributed by atoms with Gasteiger partial charge in [-0.2, -0.15) is 0 Å².